The molecule has 6 rings (SSSR count). The molecule has 3 heterocycles. The molecule has 2 saturated carbocycles. The Kier molecular flexibility index (Phi) is 8.10. The molecule has 10 nitrogen and oxygen atoms in total. The highest BCUT2D eigenvalue weighted by Gasteiger charge is 2.45. The van der Waals surface area contributed by atoms with Gasteiger partial charge in [-0.15, -0.1) is 0 Å². The smallest absolute Gasteiger partial charge is 0.344 e. The normalized spacial score (nSPS) is 30.2. The van der Waals surface area contributed by atoms with Gasteiger partial charge in [0.1, 0.15) is 5.71 Å². The summed E-state index contributed by atoms with van der Waals surface area (Å²) in [5.74, 6) is 0.0133. The fourth-order valence-electron chi connectivity index (χ4n) is 8.45. The van der Waals surface area contributed by atoms with Crippen LogP contribution in [0.25, 0.3) is 11.0 Å². The average Bonchev–Trinajstić information content (AvgIpc) is 2.93. The first kappa shape index (κ1) is 27.9. The zero-order chi connectivity index (χ0) is 28.5. The van der Waals surface area contributed by atoms with Crippen molar-refractivity contribution in [1.29, 1.82) is 0 Å². The molecule has 4 aliphatic rings. The lowest BCUT2D eigenvalue weighted by molar-refractivity contribution is -0.142. The standard InChI is InChI=1S/C31H41N5O5/c32-28(37)12-11-26(34-41-18-29(38)39)30-31(40)36(27-10-2-1-9-25(27)33-30)24-16-21-7-4-8-22(17-24)35(21)23-14-19-5-3-6-20(13-19)15-23/h1-2,9-10,19-24H,3-8,11-18H2,(H2,32,37)(H,38,39)/t19?,20?,21-,22+,23?,24+. The minimum Gasteiger partial charge on any atom is -0.479 e. The highest BCUT2D eigenvalue weighted by molar-refractivity contribution is 6.01. The van der Waals surface area contributed by atoms with Crippen LogP contribution >= 0.6 is 0 Å². The van der Waals surface area contributed by atoms with E-state index in [0.29, 0.717) is 23.6 Å². The first-order valence-corrected chi connectivity index (χ1v) is 15.4. The Hall–Kier alpha value is -3.27. The zero-order valence-electron chi connectivity index (χ0n) is 23.6. The molecule has 2 aromatic rings. The Balaban J connectivity index is 1.34. The minimum atomic E-state index is -1.19. The number of carbonyl (C=O) groups excluding carboxylic acids is 1. The molecule has 1 amide bonds. The summed E-state index contributed by atoms with van der Waals surface area (Å²) in [5, 5.41) is 13.0. The Morgan fingerprint density at radius 2 is 1.61 bits per heavy atom. The molecule has 10 heteroatoms. The number of para-hydroxylation sites is 2. The van der Waals surface area contributed by atoms with Crippen molar-refractivity contribution in [2.24, 2.45) is 22.7 Å². The van der Waals surface area contributed by atoms with Gasteiger partial charge in [0.2, 0.25) is 12.5 Å². The van der Waals surface area contributed by atoms with Crippen LogP contribution in [-0.2, 0) is 14.4 Å². The van der Waals surface area contributed by atoms with Crippen molar-refractivity contribution in [2.45, 2.75) is 108 Å². The van der Waals surface area contributed by atoms with Gasteiger partial charge in [-0.05, 0) is 68.9 Å². The molecule has 2 saturated heterocycles. The number of rotatable bonds is 9. The maximum Gasteiger partial charge on any atom is 0.344 e. The second-order valence-corrected chi connectivity index (χ2v) is 12.6. The number of primary amides is 1. The molecule has 220 valence electrons. The van der Waals surface area contributed by atoms with Crippen LogP contribution in [0.15, 0.2) is 34.2 Å². The van der Waals surface area contributed by atoms with E-state index in [2.05, 4.69) is 15.0 Å². The molecule has 41 heavy (non-hydrogen) atoms. The third-order valence-electron chi connectivity index (χ3n) is 9.93. The minimum absolute atomic E-state index is 0.0149. The molecule has 4 bridgehead atoms. The molecule has 5 atom stereocenters. The molecule has 2 aliphatic carbocycles. The van der Waals surface area contributed by atoms with Crippen LogP contribution in [0.3, 0.4) is 0 Å². The molecule has 0 radical (unpaired) electrons. The quantitative estimate of drug-likeness (QED) is 0.347. The number of piperidine rings is 2. The van der Waals surface area contributed by atoms with Gasteiger partial charge in [0, 0.05) is 37.0 Å². The van der Waals surface area contributed by atoms with E-state index in [9.17, 15) is 14.4 Å². The number of hydrogen-bond donors (Lipinski definition) is 2. The van der Waals surface area contributed by atoms with E-state index in [0.717, 1.165) is 43.0 Å². The Morgan fingerprint density at radius 3 is 2.29 bits per heavy atom. The lowest BCUT2D eigenvalue weighted by Crippen LogP contribution is -2.58. The van der Waals surface area contributed by atoms with Crippen molar-refractivity contribution in [3.8, 4) is 0 Å². The summed E-state index contributed by atoms with van der Waals surface area (Å²) in [6.45, 7) is -0.660. The molecule has 1 aromatic carbocycles. The molecule has 2 aliphatic heterocycles. The number of hydrogen-bond acceptors (Lipinski definition) is 7. The first-order valence-electron chi connectivity index (χ1n) is 15.4. The molecular weight excluding hydrogens is 522 g/mol. The van der Waals surface area contributed by atoms with Crippen LogP contribution in [0.2, 0.25) is 0 Å². The van der Waals surface area contributed by atoms with E-state index in [-0.39, 0.29) is 35.8 Å². The van der Waals surface area contributed by atoms with Crippen LogP contribution < -0.4 is 11.3 Å². The van der Waals surface area contributed by atoms with Crippen molar-refractivity contribution in [3.05, 3.63) is 40.3 Å². The Morgan fingerprint density at radius 1 is 0.927 bits per heavy atom. The molecule has 2 unspecified atom stereocenters. The second-order valence-electron chi connectivity index (χ2n) is 12.6. The fraction of sp³-hybridized carbons (Fsp3) is 0.645. The SMILES string of the molecule is NC(=O)CCC(=NOCC(=O)O)c1nc2ccccc2n([C@H]2C[C@H]3CCC[C@@H](C2)N3C2CC3CCCC(C3)C2)c1=O. The first-order chi connectivity index (χ1) is 19.9. The maximum absolute atomic E-state index is 14.2. The van der Waals surface area contributed by atoms with Gasteiger partial charge in [-0.1, -0.05) is 43.0 Å². The van der Waals surface area contributed by atoms with Crippen molar-refractivity contribution in [1.82, 2.24) is 14.5 Å². The number of carboxylic acid groups (broad SMARTS) is 1. The number of carboxylic acids is 1. The summed E-state index contributed by atoms with van der Waals surface area (Å²) < 4.78 is 1.90. The van der Waals surface area contributed by atoms with Gasteiger partial charge in [0.05, 0.1) is 11.0 Å². The van der Waals surface area contributed by atoms with E-state index in [1.54, 1.807) is 0 Å². The summed E-state index contributed by atoms with van der Waals surface area (Å²) >= 11 is 0. The van der Waals surface area contributed by atoms with Crippen LogP contribution in [0, 0.1) is 11.8 Å². The van der Waals surface area contributed by atoms with Gasteiger partial charge in [0.15, 0.2) is 5.69 Å². The summed E-state index contributed by atoms with van der Waals surface area (Å²) in [6, 6.07) is 9.22. The molecule has 4 fully saturated rings. The predicted molar refractivity (Wildman–Crippen MR) is 155 cm³/mol. The lowest BCUT2D eigenvalue weighted by atomic mass is 9.68. The van der Waals surface area contributed by atoms with Crippen LogP contribution in [0.5, 0.6) is 0 Å². The highest BCUT2D eigenvalue weighted by atomic mass is 16.6. The van der Waals surface area contributed by atoms with Gasteiger partial charge in [0.25, 0.3) is 5.56 Å². The Labute approximate surface area is 239 Å². The molecule has 0 spiro atoms. The number of carbonyl (C=O) groups is 2. The van der Waals surface area contributed by atoms with E-state index in [1.165, 1.54) is 44.9 Å². The average molecular weight is 564 g/mol. The topological polar surface area (TPSA) is 140 Å². The highest BCUT2D eigenvalue weighted by Crippen LogP contribution is 2.47. The summed E-state index contributed by atoms with van der Waals surface area (Å²) in [5.41, 5.74) is 6.77. The van der Waals surface area contributed by atoms with Crippen LogP contribution in [0.1, 0.15) is 95.2 Å². The van der Waals surface area contributed by atoms with Crippen molar-refractivity contribution >= 4 is 28.6 Å². The third-order valence-corrected chi connectivity index (χ3v) is 9.93. The van der Waals surface area contributed by atoms with Crippen molar-refractivity contribution < 1.29 is 19.5 Å². The van der Waals surface area contributed by atoms with E-state index >= 15 is 0 Å². The van der Waals surface area contributed by atoms with E-state index < -0.39 is 18.5 Å². The van der Waals surface area contributed by atoms with E-state index in [4.69, 9.17) is 15.7 Å². The van der Waals surface area contributed by atoms with Gasteiger partial charge in [-0.25, -0.2) is 9.78 Å². The van der Waals surface area contributed by atoms with Gasteiger partial charge in [-0.2, -0.15) is 0 Å². The molecular formula is C31H41N5O5. The summed E-state index contributed by atoms with van der Waals surface area (Å²) in [6.07, 6.45) is 13.6. The number of fused-ring (bicyclic) bond motifs is 5. The second kappa shape index (κ2) is 11.9. The summed E-state index contributed by atoms with van der Waals surface area (Å²) in [4.78, 5) is 49.4. The molecule has 3 N–H and O–H groups in total. The number of nitrogens with two attached hydrogens (primary N) is 1. The predicted octanol–water partition coefficient (Wildman–Crippen LogP) is 3.99. The van der Waals surface area contributed by atoms with Gasteiger partial charge in [-0.3, -0.25) is 14.5 Å². The number of nitrogens with zero attached hydrogens (tertiary/aromatic N) is 4. The number of aromatic nitrogens is 2. The van der Waals surface area contributed by atoms with Crippen molar-refractivity contribution in [3.63, 3.8) is 0 Å². The van der Waals surface area contributed by atoms with E-state index in [1.807, 2.05) is 28.8 Å². The number of benzene rings is 1. The van der Waals surface area contributed by atoms with Crippen LogP contribution in [0.4, 0.5) is 0 Å². The lowest BCUT2D eigenvalue weighted by Gasteiger charge is -2.55. The number of amides is 1. The Bertz CT molecular complexity index is 1360. The zero-order valence-corrected chi connectivity index (χ0v) is 23.6. The largest absolute Gasteiger partial charge is 0.479 e. The van der Waals surface area contributed by atoms with Crippen LogP contribution in [-0.4, -0.2) is 61.9 Å². The van der Waals surface area contributed by atoms with Crippen molar-refractivity contribution in [2.75, 3.05) is 6.61 Å². The summed E-state index contributed by atoms with van der Waals surface area (Å²) in [7, 11) is 0. The maximum atomic E-state index is 14.2. The monoisotopic (exact) mass is 563 g/mol. The number of oxime groups is 1. The third kappa shape index (κ3) is 5.89. The van der Waals surface area contributed by atoms with Gasteiger partial charge >= 0.3 is 5.97 Å². The fourth-order valence-corrected chi connectivity index (χ4v) is 8.45. The van der Waals surface area contributed by atoms with Gasteiger partial charge < -0.3 is 20.2 Å². The number of aliphatic carboxylic acids is 1. The molecule has 1 aromatic heterocycles.